The maximum absolute atomic E-state index is 13.3. The Morgan fingerprint density at radius 2 is 1.43 bits per heavy atom. The second-order valence-electron chi connectivity index (χ2n) is 10.0. The monoisotopic (exact) mass is 326 g/mol. The van der Waals surface area contributed by atoms with Crippen molar-refractivity contribution in [2.45, 2.75) is 107 Å². The van der Waals surface area contributed by atoms with E-state index in [1.807, 2.05) is 0 Å². The van der Waals surface area contributed by atoms with Gasteiger partial charge in [0, 0.05) is 0 Å². The van der Waals surface area contributed by atoms with Crippen molar-refractivity contribution in [3.63, 3.8) is 0 Å². The highest BCUT2D eigenvalue weighted by Gasteiger charge is 2.50. The molecule has 2 heteroatoms. The molecular formula is C21H42O2. The Bertz CT molecular complexity index is 384. The minimum Gasteiger partial charge on any atom is -0.458 e. The molecule has 23 heavy (non-hydrogen) atoms. The Balaban J connectivity index is 5.71. The van der Waals surface area contributed by atoms with Gasteiger partial charge in [-0.25, -0.2) is 0 Å². The van der Waals surface area contributed by atoms with Crippen LogP contribution in [0.25, 0.3) is 0 Å². The van der Waals surface area contributed by atoms with Crippen molar-refractivity contribution in [3.05, 3.63) is 0 Å². The van der Waals surface area contributed by atoms with E-state index in [0.29, 0.717) is 5.92 Å². The van der Waals surface area contributed by atoms with E-state index >= 15 is 0 Å². The lowest BCUT2D eigenvalue weighted by Crippen LogP contribution is -2.49. The topological polar surface area (TPSA) is 26.3 Å². The maximum Gasteiger partial charge on any atom is 0.312 e. The summed E-state index contributed by atoms with van der Waals surface area (Å²) in [6.07, 6.45) is 3.67. The molecule has 2 nitrogen and oxygen atoms in total. The van der Waals surface area contributed by atoms with Gasteiger partial charge in [-0.1, -0.05) is 75.7 Å². The van der Waals surface area contributed by atoms with Crippen molar-refractivity contribution in [2.75, 3.05) is 0 Å². The molecule has 0 aromatic heterocycles. The van der Waals surface area contributed by atoms with Crippen LogP contribution in [0.3, 0.4) is 0 Å². The Kier molecular flexibility index (Phi) is 7.40. The highest BCUT2D eigenvalue weighted by atomic mass is 16.6. The first-order valence-electron chi connectivity index (χ1n) is 9.38. The van der Waals surface area contributed by atoms with Crippen LogP contribution in [0.15, 0.2) is 0 Å². The molecule has 0 amide bonds. The lowest BCUT2D eigenvalue weighted by atomic mass is 9.61. The van der Waals surface area contributed by atoms with E-state index in [-0.39, 0.29) is 22.4 Å². The SMILES string of the molecule is CCCC(CC)(OC(=O)C(C)(CC(C)(C)C)C(C)(C)C)C(C)C. The van der Waals surface area contributed by atoms with Gasteiger partial charge < -0.3 is 4.74 Å². The summed E-state index contributed by atoms with van der Waals surface area (Å²) in [6, 6.07) is 0. The third-order valence-corrected chi connectivity index (χ3v) is 5.61. The number of carbonyl (C=O) groups excluding carboxylic acids is 1. The van der Waals surface area contributed by atoms with Crippen molar-refractivity contribution < 1.29 is 9.53 Å². The van der Waals surface area contributed by atoms with Crippen LogP contribution < -0.4 is 0 Å². The van der Waals surface area contributed by atoms with Gasteiger partial charge in [0.1, 0.15) is 5.60 Å². The molecule has 0 aliphatic carbocycles. The summed E-state index contributed by atoms with van der Waals surface area (Å²) in [6.45, 7) is 23.8. The van der Waals surface area contributed by atoms with Crippen LogP contribution in [0.2, 0.25) is 0 Å². The fourth-order valence-electron chi connectivity index (χ4n) is 3.54. The third kappa shape index (κ3) is 5.50. The molecule has 2 unspecified atom stereocenters. The smallest absolute Gasteiger partial charge is 0.312 e. The molecule has 0 saturated carbocycles. The normalized spacial score (nSPS) is 18.4. The summed E-state index contributed by atoms with van der Waals surface area (Å²) in [4.78, 5) is 13.3. The van der Waals surface area contributed by atoms with Crippen LogP contribution in [0, 0.1) is 22.2 Å². The van der Waals surface area contributed by atoms with Crippen molar-refractivity contribution in [3.8, 4) is 0 Å². The fourth-order valence-corrected chi connectivity index (χ4v) is 3.54. The molecule has 138 valence electrons. The summed E-state index contributed by atoms with van der Waals surface area (Å²) in [5, 5.41) is 0. The van der Waals surface area contributed by atoms with Gasteiger partial charge in [0.25, 0.3) is 0 Å². The van der Waals surface area contributed by atoms with Crippen LogP contribution in [0.1, 0.15) is 102 Å². The van der Waals surface area contributed by atoms with Gasteiger partial charge >= 0.3 is 5.97 Å². The molecule has 0 radical (unpaired) electrons. The van der Waals surface area contributed by atoms with E-state index in [2.05, 4.69) is 76.2 Å². The Labute approximate surface area is 145 Å². The third-order valence-electron chi connectivity index (χ3n) is 5.61. The number of rotatable bonds is 7. The molecule has 2 atom stereocenters. The van der Waals surface area contributed by atoms with E-state index < -0.39 is 5.41 Å². The zero-order valence-electron chi connectivity index (χ0n) is 17.7. The first-order valence-corrected chi connectivity index (χ1v) is 9.38. The van der Waals surface area contributed by atoms with Gasteiger partial charge in [0.05, 0.1) is 5.41 Å². The van der Waals surface area contributed by atoms with Crippen molar-refractivity contribution in [1.82, 2.24) is 0 Å². The summed E-state index contributed by atoms with van der Waals surface area (Å²) in [5.41, 5.74) is -0.886. The summed E-state index contributed by atoms with van der Waals surface area (Å²) < 4.78 is 6.29. The number of carbonyl (C=O) groups is 1. The van der Waals surface area contributed by atoms with Gasteiger partial charge in [-0.15, -0.1) is 0 Å². The predicted octanol–water partition coefficient (Wildman–Crippen LogP) is 6.62. The van der Waals surface area contributed by atoms with Crippen molar-refractivity contribution >= 4 is 5.97 Å². The van der Waals surface area contributed by atoms with Crippen LogP contribution in [-0.2, 0) is 9.53 Å². The lowest BCUT2D eigenvalue weighted by molar-refractivity contribution is -0.188. The van der Waals surface area contributed by atoms with Gasteiger partial charge in [-0.05, 0) is 42.9 Å². The molecule has 0 aromatic carbocycles. The molecule has 0 aliphatic heterocycles. The molecule has 0 N–H and O–H groups in total. The second kappa shape index (κ2) is 7.57. The van der Waals surface area contributed by atoms with Crippen LogP contribution in [0.5, 0.6) is 0 Å². The van der Waals surface area contributed by atoms with E-state index in [9.17, 15) is 4.79 Å². The van der Waals surface area contributed by atoms with Crippen LogP contribution in [0.4, 0.5) is 0 Å². The van der Waals surface area contributed by atoms with E-state index in [1.54, 1.807) is 0 Å². The van der Waals surface area contributed by atoms with Gasteiger partial charge in [-0.2, -0.15) is 0 Å². The summed E-state index contributed by atoms with van der Waals surface area (Å²) >= 11 is 0. The molecule has 0 saturated heterocycles. The highest BCUT2D eigenvalue weighted by molar-refractivity contribution is 5.78. The first-order chi connectivity index (χ1) is 10.1. The molecule has 0 aliphatic rings. The van der Waals surface area contributed by atoms with Gasteiger partial charge in [0.15, 0.2) is 0 Å². The van der Waals surface area contributed by atoms with Crippen LogP contribution >= 0.6 is 0 Å². The number of hydrogen-bond acceptors (Lipinski definition) is 2. The Morgan fingerprint density at radius 1 is 0.957 bits per heavy atom. The number of hydrogen-bond donors (Lipinski definition) is 0. The standard InChI is InChI=1S/C21H42O2/c1-12-14-21(13-2,16(3)4)23-17(22)20(11,19(8,9)10)15-18(5,6)7/h16H,12-15H2,1-11H3. The predicted molar refractivity (Wildman–Crippen MR) is 100 cm³/mol. The largest absolute Gasteiger partial charge is 0.458 e. The number of esters is 1. The molecular weight excluding hydrogens is 284 g/mol. The minimum absolute atomic E-state index is 0.0241. The summed E-state index contributed by atoms with van der Waals surface area (Å²) in [5.74, 6) is 0.305. The fraction of sp³-hybridized carbons (Fsp3) is 0.952. The van der Waals surface area contributed by atoms with E-state index in [4.69, 9.17) is 4.74 Å². The lowest BCUT2D eigenvalue weighted by Gasteiger charge is -2.46. The second-order valence-corrected chi connectivity index (χ2v) is 10.0. The molecule has 0 spiro atoms. The average molecular weight is 327 g/mol. The zero-order chi connectivity index (χ0) is 18.7. The molecule has 0 fully saturated rings. The Hall–Kier alpha value is -0.530. The Morgan fingerprint density at radius 3 is 1.70 bits per heavy atom. The molecule has 0 rings (SSSR count). The maximum atomic E-state index is 13.3. The minimum atomic E-state index is -0.492. The van der Waals surface area contributed by atoms with Gasteiger partial charge in [0.2, 0.25) is 0 Å². The van der Waals surface area contributed by atoms with E-state index in [1.165, 1.54) is 0 Å². The quantitative estimate of drug-likeness (QED) is 0.491. The average Bonchev–Trinajstić information content (AvgIpc) is 2.34. The highest BCUT2D eigenvalue weighted by Crippen LogP contribution is 2.48. The van der Waals surface area contributed by atoms with Gasteiger partial charge in [-0.3, -0.25) is 4.79 Å². The van der Waals surface area contributed by atoms with E-state index in [0.717, 1.165) is 25.7 Å². The molecule has 0 aromatic rings. The molecule has 0 bridgehead atoms. The molecule has 0 heterocycles. The number of ether oxygens (including phenoxy) is 1. The summed E-state index contributed by atoms with van der Waals surface area (Å²) in [7, 11) is 0. The van der Waals surface area contributed by atoms with Crippen molar-refractivity contribution in [1.29, 1.82) is 0 Å². The zero-order valence-corrected chi connectivity index (χ0v) is 17.7. The van der Waals surface area contributed by atoms with Crippen LogP contribution in [-0.4, -0.2) is 11.6 Å². The van der Waals surface area contributed by atoms with Crippen molar-refractivity contribution in [2.24, 2.45) is 22.2 Å². The first kappa shape index (κ1) is 22.5.